The third kappa shape index (κ3) is 2.68. The van der Waals surface area contributed by atoms with Gasteiger partial charge in [0, 0.05) is 12.4 Å². The number of esters is 1. The number of carbonyl (C=O) groups is 1. The Morgan fingerprint density at radius 1 is 1.13 bits per heavy atom. The number of hydrogen-bond acceptors (Lipinski definition) is 5. The van der Waals surface area contributed by atoms with E-state index in [2.05, 4.69) is 5.10 Å². The molecule has 2 aromatic carbocycles. The molecular formula is C17H11N3O3. The maximum Gasteiger partial charge on any atom is 0.364 e. The third-order valence-electron chi connectivity index (χ3n) is 3.34. The predicted molar refractivity (Wildman–Crippen MR) is 83.1 cm³/mol. The monoisotopic (exact) mass is 305 g/mol. The van der Waals surface area contributed by atoms with Crippen LogP contribution in [0.1, 0.15) is 16.1 Å². The van der Waals surface area contributed by atoms with Gasteiger partial charge in [0.25, 0.3) is 5.56 Å². The van der Waals surface area contributed by atoms with E-state index in [0.717, 1.165) is 4.68 Å². The summed E-state index contributed by atoms with van der Waals surface area (Å²) in [4.78, 5) is 24.4. The molecule has 0 amide bonds. The van der Waals surface area contributed by atoms with Crippen LogP contribution in [-0.4, -0.2) is 15.7 Å². The van der Waals surface area contributed by atoms with Crippen molar-refractivity contribution in [3.05, 3.63) is 70.1 Å². The second-order valence-corrected chi connectivity index (χ2v) is 4.85. The molecule has 0 aliphatic carbocycles. The first kappa shape index (κ1) is 14.5. The molecule has 112 valence electrons. The number of nitrogens with zero attached hydrogens (tertiary/aromatic N) is 3. The van der Waals surface area contributed by atoms with Gasteiger partial charge in [-0.25, -0.2) is 9.48 Å². The van der Waals surface area contributed by atoms with Crippen LogP contribution < -0.4 is 10.3 Å². The van der Waals surface area contributed by atoms with E-state index < -0.39 is 5.97 Å². The van der Waals surface area contributed by atoms with Crippen LogP contribution in [0.15, 0.2) is 53.3 Å². The first-order valence-electron chi connectivity index (χ1n) is 6.78. The van der Waals surface area contributed by atoms with Crippen LogP contribution in [0.25, 0.3) is 10.8 Å². The molecule has 1 heterocycles. The molecule has 23 heavy (non-hydrogen) atoms. The van der Waals surface area contributed by atoms with Crippen molar-refractivity contribution < 1.29 is 9.53 Å². The van der Waals surface area contributed by atoms with Gasteiger partial charge in [0.05, 0.1) is 17.0 Å². The van der Waals surface area contributed by atoms with Crippen molar-refractivity contribution in [1.29, 1.82) is 5.26 Å². The van der Waals surface area contributed by atoms with Gasteiger partial charge in [-0.3, -0.25) is 4.79 Å². The van der Waals surface area contributed by atoms with Crippen molar-refractivity contribution in [3.63, 3.8) is 0 Å². The molecule has 0 radical (unpaired) electrons. The summed E-state index contributed by atoms with van der Waals surface area (Å²) in [7, 11) is 1.48. The molecule has 0 saturated heterocycles. The van der Waals surface area contributed by atoms with Gasteiger partial charge in [-0.05, 0) is 30.3 Å². The van der Waals surface area contributed by atoms with Crippen molar-refractivity contribution >= 4 is 16.7 Å². The fraction of sp³-hybridized carbons (Fsp3) is 0.0588. The van der Waals surface area contributed by atoms with E-state index in [4.69, 9.17) is 10.00 Å². The SMILES string of the molecule is Cn1nc(C(=O)Oc2ccc(C#N)cc2)c2ccccc2c1=O. The Kier molecular flexibility index (Phi) is 3.61. The summed E-state index contributed by atoms with van der Waals surface area (Å²) >= 11 is 0. The first-order valence-corrected chi connectivity index (χ1v) is 6.78. The Hall–Kier alpha value is -3.46. The lowest BCUT2D eigenvalue weighted by Crippen LogP contribution is -2.24. The topological polar surface area (TPSA) is 85.0 Å². The second-order valence-electron chi connectivity index (χ2n) is 4.85. The summed E-state index contributed by atoms with van der Waals surface area (Å²) in [5.74, 6) is -0.366. The van der Waals surface area contributed by atoms with Crippen molar-refractivity contribution in [2.24, 2.45) is 7.05 Å². The lowest BCUT2D eigenvalue weighted by Gasteiger charge is -2.08. The van der Waals surface area contributed by atoms with Crippen molar-refractivity contribution in [1.82, 2.24) is 9.78 Å². The molecule has 0 saturated carbocycles. The zero-order chi connectivity index (χ0) is 16.4. The van der Waals surface area contributed by atoms with Crippen molar-refractivity contribution in [3.8, 4) is 11.8 Å². The highest BCUT2D eigenvalue weighted by atomic mass is 16.5. The lowest BCUT2D eigenvalue weighted by molar-refractivity contribution is 0.0728. The largest absolute Gasteiger partial charge is 0.422 e. The van der Waals surface area contributed by atoms with Gasteiger partial charge >= 0.3 is 5.97 Å². The van der Waals surface area contributed by atoms with Gasteiger partial charge < -0.3 is 4.74 Å². The number of nitriles is 1. The van der Waals surface area contributed by atoms with E-state index in [1.165, 1.54) is 19.2 Å². The molecule has 0 N–H and O–H groups in total. The summed E-state index contributed by atoms with van der Waals surface area (Å²) in [6.45, 7) is 0. The van der Waals surface area contributed by atoms with E-state index in [0.29, 0.717) is 22.1 Å². The molecule has 0 atom stereocenters. The summed E-state index contributed by atoms with van der Waals surface area (Å²) in [5, 5.41) is 13.6. The van der Waals surface area contributed by atoms with Crippen LogP contribution in [0.4, 0.5) is 0 Å². The number of carbonyl (C=O) groups excluding carboxylic acids is 1. The Balaban J connectivity index is 2.02. The molecule has 6 nitrogen and oxygen atoms in total. The van der Waals surface area contributed by atoms with Crippen LogP contribution in [-0.2, 0) is 7.05 Å². The number of fused-ring (bicyclic) bond motifs is 1. The molecule has 3 aromatic rings. The summed E-state index contributed by atoms with van der Waals surface area (Å²) in [6.07, 6.45) is 0. The minimum absolute atomic E-state index is 0.0621. The minimum Gasteiger partial charge on any atom is -0.422 e. The van der Waals surface area contributed by atoms with Crippen molar-refractivity contribution in [2.45, 2.75) is 0 Å². The van der Waals surface area contributed by atoms with Gasteiger partial charge in [0.2, 0.25) is 0 Å². The van der Waals surface area contributed by atoms with Gasteiger partial charge in [0.15, 0.2) is 5.69 Å². The van der Waals surface area contributed by atoms with Crippen LogP contribution in [0.5, 0.6) is 5.75 Å². The molecule has 6 heteroatoms. The molecule has 0 spiro atoms. The second kappa shape index (κ2) is 5.73. The van der Waals surface area contributed by atoms with Crippen molar-refractivity contribution in [2.75, 3.05) is 0 Å². The number of benzene rings is 2. The Morgan fingerprint density at radius 3 is 2.43 bits per heavy atom. The third-order valence-corrected chi connectivity index (χ3v) is 3.34. The Bertz CT molecular complexity index is 998. The van der Waals surface area contributed by atoms with Crippen LogP contribution in [0.2, 0.25) is 0 Å². The van der Waals surface area contributed by atoms with Crippen LogP contribution in [0, 0.1) is 11.3 Å². The maximum atomic E-state index is 12.4. The fourth-order valence-corrected chi connectivity index (χ4v) is 2.20. The fourth-order valence-electron chi connectivity index (χ4n) is 2.20. The number of hydrogen-bond donors (Lipinski definition) is 0. The number of aryl methyl sites for hydroxylation is 1. The van der Waals surface area contributed by atoms with Crippen LogP contribution >= 0.6 is 0 Å². The predicted octanol–water partition coefficient (Wildman–Crippen LogP) is 2.02. The van der Waals surface area contributed by atoms with E-state index in [1.54, 1.807) is 36.4 Å². The standard InChI is InChI=1S/C17H11N3O3/c1-20-16(21)14-5-3-2-4-13(14)15(19-20)17(22)23-12-8-6-11(10-18)7-9-12/h2-9H,1H3. The highest BCUT2D eigenvalue weighted by molar-refractivity contribution is 6.02. The molecular weight excluding hydrogens is 294 g/mol. The Labute approximate surface area is 131 Å². The van der Waals surface area contributed by atoms with Gasteiger partial charge in [-0.1, -0.05) is 18.2 Å². The Morgan fingerprint density at radius 2 is 1.78 bits per heavy atom. The smallest absolute Gasteiger partial charge is 0.364 e. The molecule has 1 aromatic heterocycles. The van der Waals surface area contributed by atoms with Gasteiger partial charge in [0.1, 0.15) is 5.75 Å². The van der Waals surface area contributed by atoms with Gasteiger partial charge in [-0.15, -0.1) is 0 Å². The average molecular weight is 305 g/mol. The zero-order valence-corrected chi connectivity index (χ0v) is 12.2. The summed E-state index contributed by atoms with van der Waals surface area (Å²) in [5.41, 5.74) is 0.248. The molecule has 0 fully saturated rings. The van der Waals surface area contributed by atoms with E-state index >= 15 is 0 Å². The summed E-state index contributed by atoms with van der Waals surface area (Å²) < 4.78 is 6.39. The molecule has 0 aliphatic heterocycles. The quantitative estimate of drug-likeness (QED) is 0.534. The highest BCUT2D eigenvalue weighted by Crippen LogP contribution is 2.17. The molecule has 0 unspecified atom stereocenters. The first-order chi connectivity index (χ1) is 11.1. The number of ether oxygens (including phenoxy) is 1. The lowest BCUT2D eigenvalue weighted by atomic mass is 10.1. The molecule has 0 bridgehead atoms. The van der Waals surface area contributed by atoms with E-state index in [-0.39, 0.29) is 11.3 Å². The minimum atomic E-state index is -0.665. The average Bonchev–Trinajstić information content (AvgIpc) is 2.58. The van der Waals surface area contributed by atoms with E-state index in [9.17, 15) is 9.59 Å². The summed E-state index contributed by atoms with van der Waals surface area (Å²) in [6, 6.07) is 14.9. The molecule has 3 rings (SSSR count). The maximum absolute atomic E-state index is 12.4. The van der Waals surface area contributed by atoms with Crippen LogP contribution in [0.3, 0.4) is 0 Å². The zero-order valence-electron chi connectivity index (χ0n) is 12.2. The highest BCUT2D eigenvalue weighted by Gasteiger charge is 2.17. The number of aromatic nitrogens is 2. The normalized spacial score (nSPS) is 10.3. The molecule has 0 aliphatic rings. The number of rotatable bonds is 2. The van der Waals surface area contributed by atoms with Gasteiger partial charge in [-0.2, -0.15) is 10.4 Å². The van der Waals surface area contributed by atoms with E-state index in [1.807, 2.05) is 6.07 Å².